The van der Waals surface area contributed by atoms with Gasteiger partial charge in [0.15, 0.2) is 41.9 Å². The molecule has 0 radical (unpaired) electrons. The number of hydrogen-bond acceptors (Lipinski definition) is 20. The van der Waals surface area contributed by atoms with Gasteiger partial charge in [0, 0.05) is 20.9 Å². The molecule has 4 aromatic rings. The van der Waals surface area contributed by atoms with E-state index in [1.807, 2.05) is 0 Å². The van der Waals surface area contributed by atoms with Gasteiger partial charge in [0.1, 0.15) is 60.3 Å². The van der Waals surface area contributed by atoms with Crippen LogP contribution in [0.2, 0.25) is 0 Å². The maximum atomic E-state index is 14.0. The lowest BCUT2D eigenvalue weighted by molar-refractivity contribution is -0.0794. The Morgan fingerprint density at radius 2 is 1.32 bits per heavy atom. The molecule has 6 rings (SSSR count). The summed E-state index contributed by atoms with van der Waals surface area (Å²) < 4.78 is 69.4. The van der Waals surface area contributed by atoms with Crippen LogP contribution in [0.3, 0.4) is 0 Å². The van der Waals surface area contributed by atoms with Crippen LogP contribution in [0, 0.1) is 0 Å². The Hall–Kier alpha value is -2.51. The average molecular weight is 823 g/mol. The molecule has 10 atom stereocenters. The molecule has 0 amide bonds. The smallest absolute Gasteiger partial charge is 0.386 e. The summed E-state index contributed by atoms with van der Waals surface area (Å²) in [4.78, 5) is 35.4. The van der Waals surface area contributed by atoms with Gasteiger partial charge in [0.05, 0.1) is 52.3 Å². The first-order chi connectivity index (χ1) is 25.3. The van der Waals surface area contributed by atoms with Crippen LogP contribution in [0.5, 0.6) is 0 Å². The standard InChI is InChI=1S/C27H40N10O12P2S2/c1-41-4-6-43-20-18(38)14(47-26(20)36-12-34-16-22(28)30-10-32-24(16)36)8-46-51(40,53)49-19-15(9-45-50(3,39)52)48-27(21(19)44-7-5-42-2)37-13-35-17-23(29)31-11-33-25(17)37/h10-15,18-21,26-27,38H,4-9H2,1-3H3,(H,39,52)(H,40,53)(H2,28,30,32)(H2,29,31,33)/t14-,15-,18+,19+,20?,21?,26-,27-,50?,51?/m1/s1. The Morgan fingerprint density at radius 3 is 1.87 bits per heavy atom. The minimum atomic E-state index is -4.34. The quantitative estimate of drug-likeness (QED) is 0.0517. The maximum Gasteiger partial charge on any atom is 0.386 e. The third kappa shape index (κ3) is 9.14. The lowest BCUT2D eigenvalue weighted by Gasteiger charge is -2.27. The topological polar surface area (TPSA) is 280 Å². The van der Waals surface area contributed by atoms with Gasteiger partial charge < -0.3 is 54.4 Å². The zero-order valence-corrected chi connectivity index (χ0v) is 32.1. The van der Waals surface area contributed by atoms with Gasteiger partial charge in [-0.3, -0.25) is 18.2 Å². The highest BCUT2D eigenvalue weighted by molar-refractivity contribution is 8.44. The van der Waals surface area contributed by atoms with Crippen molar-refractivity contribution in [2.75, 3.05) is 72.0 Å². The second-order valence-corrected chi connectivity index (χ2v) is 18.6. The van der Waals surface area contributed by atoms with Crippen LogP contribution in [0.1, 0.15) is 12.5 Å². The molecule has 4 aromatic heterocycles. The van der Waals surface area contributed by atoms with Crippen molar-refractivity contribution in [1.29, 1.82) is 0 Å². The number of nitrogen functional groups attached to an aromatic ring is 2. The minimum Gasteiger partial charge on any atom is -0.387 e. The van der Waals surface area contributed by atoms with E-state index in [1.165, 1.54) is 46.2 Å². The van der Waals surface area contributed by atoms with Crippen molar-refractivity contribution >= 4 is 71.3 Å². The first-order valence-electron chi connectivity index (χ1n) is 16.0. The van der Waals surface area contributed by atoms with Crippen molar-refractivity contribution in [3.63, 3.8) is 0 Å². The lowest BCUT2D eigenvalue weighted by Crippen LogP contribution is -2.38. The molecule has 26 heteroatoms. The number of thiol groups is 1. The monoisotopic (exact) mass is 822 g/mol. The number of aliphatic hydroxyl groups is 1. The first kappa shape index (κ1) is 40.2. The summed E-state index contributed by atoms with van der Waals surface area (Å²) in [6.45, 7) is -6.30. The van der Waals surface area contributed by atoms with Crippen molar-refractivity contribution in [3.05, 3.63) is 25.3 Å². The number of ether oxygens (including phenoxy) is 6. The Morgan fingerprint density at radius 1 is 0.811 bits per heavy atom. The highest BCUT2D eigenvalue weighted by atomic mass is 32.7. The van der Waals surface area contributed by atoms with Crippen LogP contribution >= 0.6 is 25.5 Å². The van der Waals surface area contributed by atoms with Gasteiger partial charge in [0.25, 0.3) is 0 Å². The van der Waals surface area contributed by atoms with E-state index in [0.29, 0.717) is 22.3 Å². The predicted molar refractivity (Wildman–Crippen MR) is 192 cm³/mol. The van der Waals surface area contributed by atoms with Crippen LogP contribution in [0.25, 0.3) is 22.3 Å². The molecule has 2 aliphatic rings. The summed E-state index contributed by atoms with van der Waals surface area (Å²) in [5, 5.41) is 11.4. The van der Waals surface area contributed by atoms with E-state index in [1.54, 1.807) is 9.13 Å². The summed E-state index contributed by atoms with van der Waals surface area (Å²) >= 11 is 9.36. The summed E-state index contributed by atoms with van der Waals surface area (Å²) in [5.74, 6) is 0.292. The van der Waals surface area contributed by atoms with Crippen LogP contribution < -0.4 is 11.5 Å². The molecule has 0 saturated carbocycles. The molecular weight excluding hydrogens is 782 g/mol. The summed E-state index contributed by atoms with van der Waals surface area (Å²) in [5.41, 5.74) is 13.3. The van der Waals surface area contributed by atoms with Gasteiger partial charge in [-0.15, -0.1) is 0 Å². The third-order valence-electron chi connectivity index (χ3n) is 8.25. The number of aliphatic hydroxyl groups excluding tert-OH is 1. The van der Waals surface area contributed by atoms with E-state index < -0.39 is 69.0 Å². The molecule has 4 unspecified atom stereocenters. The minimum absolute atomic E-state index is 0.0646. The molecule has 0 aliphatic carbocycles. The molecule has 0 spiro atoms. The van der Waals surface area contributed by atoms with Gasteiger partial charge in [-0.25, -0.2) is 34.5 Å². The van der Waals surface area contributed by atoms with E-state index in [0.717, 1.165) is 0 Å². The fourth-order valence-corrected chi connectivity index (χ4v) is 7.93. The van der Waals surface area contributed by atoms with E-state index >= 15 is 0 Å². The molecule has 6 heterocycles. The zero-order valence-electron chi connectivity index (χ0n) is 28.6. The van der Waals surface area contributed by atoms with Gasteiger partial charge in [-0.05, 0) is 11.8 Å². The van der Waals surface area contributed by atoms with Crippen molar-refractivity contribution in [3.8, 4) is 0 Å². The molecule has 53 heavy (non-hydrogen) atoms. The SMILES string of the molecule is COCCOC1[C@@H](O)[C@@H](COP(=O)(S)O[C@@H]2C(OCCOC)[C@H](n3cnc4c(N)ncnc43)O[C@@H]2COP(C)(O)=S)O[C@H]1n1cnc2c(N)ncnc21. The number of fused-ring (bicyclic) bond motifs is 2. The third-order valence-corrected chi connectivity index (χ3v) is 10.8. The number of aromatic nitrogens is 8. The molecular formula is C27H40N10O12P2S2. The van der Waals surface area contributed by atoms with Crippen LogP contribution in [-0.2, 0) is 58.4 Å². The molecule has 0 aromatic carbocycles. The van der Waals surface area contributed by atoms with Gasteiger partial charge in [-0.1, -0.05) is 12.2 Å². The summed E-state index contributed by atoms with van der Waals surface area (Å²) in [6, 6.07) is 0. The van der Waals surface area contributed by atoms with E-state index in [-0.39, 0.29) is 44.7 Å². The van der Waals surface area contributed by atoms with Crippen LogP contribution in [-0.4, -0.2) is 146 Å². The first-order valence-corrected chi connectivity index (χ1v) is 21.8. The molecule has 292 valence electrons. The number of hydrogen-bond donors (Lipinski definition) is 5. The molecule has 2 aliphatic heterocycles. The summed E-state index contributed by atoms with van der Waals surface area (Å²) in [7, 11) is 3.01. The van der Waals surface area contributed by atoms with E-state index in [2.05, 4.69) is 42.2 Å². The van der Waals surface area contributed by atoms with Crippen molar-refractivity contribution in [2.45, 2.75) is 49.1 Å². The van der Waals surface area contributed by atoms with Crippen molar-refractivity contribution in [2.24, 2.45) is 0 Å². The van der Waals surface area contributed by atoms with Gasteiger partial charge in [0.2, 0.25) is 0 Å². The second kappa shape index (κ2) is 17.1. The molecule has 2 fully saturated rings. The van der Waals surface area contributed by atoms with Gasteiger partial charge >= 0.3 is 6.80 Å². The molecule has 2 saturated heterocycles. The fourth-order valence-electron chi connectivity index (χ4n) is 5.84. The fraction of sp³-hybridized carbons (Fsp3) is 0.630. The zero-order chi connectivity index (χ0) is 37.9. The van der Waals surface area contributed by atoms with E-state index in [9.17, 15) is 14.6 Å². The molecule has 0 bridgehead atoms. The largest absolute Gasteiger partial charge is 0.387 e. The van der Waals surface area contributed by atoms with Crippen molar-refractivity contribution in [1.82, 2.24) is 39.0 Å². The number of nitrogens with zero attached hydrogens (tertiary/aromatic N) is 8. The second-order valence-electron chi connectivity index (χ2n) is 11.9. The number of nitrogens with two attached hydrogens (primary N) is 2. The summed E-state index contributed by atoms with van der Waals surface area (Å²) in [6.07, 6.45) is -3.17. The number of methoxy groups -OCH3 is 2. The Bertz CT molecular complexity index is 1960. The molecule has 22 nitrogen and oxygen atoms in total. The number of anilines is 2. The Labute approximate surface area is 312 Å². The van der Waals surface area contributed by atoms with Gasteiger partial charge in [-0.2, -0.15) is 0 Å². The highest BCUT2D eigenvalue weighted by Crippen LogP contribution is 2.57. The van der Waals surface area contributed by atoms with Crippen LogP contribution in [0.15, 0.2) is 25.3 Å². The van der Waals surface area contributed by atoms with E-state index in [4.69, 9.17) is 65.3 Å². The molecule has 6 N–H and O–H groups in total. The maximum absolute atomic E-state index is 14.0. The normalized spacial score (nSPS) is 28.5. The average Bonchev–Trinajstić information content (AvgIpc) is 3.88. The van der Waals surface area contributed by atoms with Crippen molar-refractivity contribution < 1.29 is 56.6 Å². The van der Waals surface area contributed by atoms with Crippen LogP contribution in [0.4, 0.5) is 11.6 Å². The number of rotatable bonds is 18. The highest BCUT2D eigenvalue weighted by Gasteiger charge is 2.52. The Balaban J connectivity index is 1.23. The predicted octanol–water partition coefficient (Wildman–Crippen LogP) is 0.437. The number of imidazole rings is 2. The lowest BCUT2D eigenvalue weighted by atomic mass is 10.1. The Kier molecular flexibility index (Phi) is 13.0.